The van der Waals surface area contributed by atoms with Gasteiger partial charge in [0.05, 0.1) is 6.04 Å². The molecule has 0 fully saturated rings. The van der Waals surface area contributed by atoms with Crippen LogP contribution in [-0.2, 0) is 6.54 Å². The Labute approximate surface area is 154 Å². The normalized spacial score (nSPS) is 11.2. The lowest BCUT2D eigenvalue weighted by Gasteiger charge is -2.32. The number of halogens is 1. The Morgan fingerprint density at radius 2 is 1.31 bits per heavy atom. The van der Waals surface area contributed by atoms with E-state index in [1.54, 1.807) is 0 Å². The largest absolute Gasteiger partial charge is 0.396 e. The Hall–Kier alpha value is -2.49. The van der Waals surface area contributed by atoms with Crippen LogP contribution in [-0.4, -0.2) is 23.2 Å². The summed E-state index contributed by atoms with van der Waals surface area (Å²) in [7, 11) is 0. The first-order chi connectivity index (χ1) is 12.8. The van der Waals surface area contributed by atoms with Crippen LogP contribution in [0.15, 0.2) is 84.9 Å². The van der Waals surface area contributed by atoms with E-state index in [4.69, 9.17) is 0 Å². The predicted molar refractivity (Wildman–Crippen MR) is 103 cm³/mol. The highest BCUT2D eigenvalue weighted by Gasteiger charge is 2.22. The number of nitrogens with zero attached hydrogens (tertiary/aromatic N) is 1. The van der Waals surface area contributed by atoms with Crippen LogP contribution >= 0.6 is 0 Å². The van der Waals surface area contributed by atoms with Gasteiger partial charge in [0.2, 0.25) is 0 Å². The molecule has 0 saturated carbocycles. The Kier molecular flexibility index (Phi) is 6.53. The molecular formula is C23H24FNO. The highest BCUT2D eigenvalue weighted by molar-refractivity contribution is 5.32. The Morgan fingerprint density at radius 3 is 1.81 bits per heavy atom. The molecule has 0 aromatic heterocycles. The van der Waals surface area contributed by atoms with E-state index in [9.17, 15) is 9.50 Å². The molecule has 0 aliphatic carbocycles. The zero-order chi connectivity index (χ0) is 18.2. The third-order valence-corrected chi connectivity index (χ3v) is 4.50. The molecular weight excluding hydrogens is 325 g/mol. The summed E-state index contributed by atoms with van der Waals surface area (Å²) in [5.41, 5.74) is 3.47. The highest BCUT2D eigenvalue weighted by Crippen LogP contribution is 2.30. The van der Waals surface area contributed by atoms with E-state index in [0.717, 1.165) is 12.1 Å². The first-order valence-electron chi connectivity index (χ1n) is 8.97. The lowest BCUT2D eigenvalue weighted by atomic mass is 9.96. The van der Waals surface area contributed by atoms with E-state index >= 15 is 0 Å². The Morgan fingerprint density at radius 1 is 0.769 bits per heavy atom. The lowest BCUT2D eigenvalue weighted by Crippen LogP contribution is -2.30. The summed E-state index contributed by atoms with van der Waals surface area (Å²) in [4.78, 5) is 2.34. The summed E-state index contributed by atoms with van der Waals surface area (Å²) in [5, 5.41) is 9.36. The monoisotopic (exact) mass is 349 g/mol. The van der Waals surface area contributed by atoms with Crippen molar-refractivity contribution in [3.05, 3.63) is 107 Å². The minimum absolute atomic E-state index is 0.0778. The molecule has 2 nitrogen and oxygen atoms in total. The second-order valence-electron chi connectivity index (χ2n) is 6.40. The van der Waals surface area contributed by atoms with Gasteiger partial charge in [0.15, 0.2) is 0 Å². The minimum Gasteiger partial charge on any atom is -0.396 e. The van der Waals surface area contributed by atoms with Gasteiger partial charge in [-0.1, -0.05) is 72.8 Å². The second kappa shape index (κ2) is 9.27. The summed E-state index contributed by atoms with van der Waals surface area (Å²) < 4.78 is 13.3. The third kappa shape index (κ3) is 4.78. The minimum atomic E-state index is -0.224. The molecule has 0 radical (unpaired) electrons. The van der Waals surface area contributed by atoms with E-state index in [2.05, 4.69) is 29.2 Å². The third-order valence-electron chi connectivity index (χ3n) is 4.50. The quantitative estimate of drug-likeness (QED) is 0.631. The van der Waals surface area contributed by atoms with Gasteiger partial charge in [-0.3, -0.25) is 4.90 Å². The van der Waals surface area contributed by atoms with Gasteiger partial charge in [-0.15, -0.1) is 0 Å². The van der Waals surface area contributed by atoms with Gasteiger partial charge in [-0.2, -0.15) is 0 Å². The predicted octanol–water partition coefficient (Wildman–Crippen LogP) is 4.80. The van der Waals surface area contributed by atoms with Gasteiger partial charge >= 0.3 is 0 Å². The molecule has 3 aromatic rings. The molecule has 0 aliphatic rings. The molecule has 0 saturated heterocycles. The molecule has 3 aromatic carbocycles. The van der Waals surface area contributed by atoms with Crippen LogP contribution in [0.3, 0.4) is 0 Å². The fraction of sp³-hybridized carbons (Fsp3) is 0.217. The van der Waals surface area contributed by atoms with Gasteiger partial charge in [0.25, 0.3) is 0 Å². The van der Waals surface area contributed by atoms with Crippen molar-refractivity contribution in [3.8, 4) is 0 Å². The van der Waals surface area contributed by atoms with E-state index in [0.29, 0.717) is 13.0 Å². The van der Waals surface area contributed by atoms with Crippen molar-refractivity contribution in [2.24, 2.45) is 0 Å². The van der Waals surface area contributed by atoms with Crippen molar-refractivity contribution in [1.82, 2.24) is 4.90 Å². The van der Waals surface area contributed by atoms with Gasteiger partial charge < -0.3 is 5.11 Å². The summed E-state index contributed by atoms with van der Waals surface area (Å²) in [6.45, 7) is 1.59. The number of hydrogen-bond donors (Lipinski definition) is 1. The van der Waals surface area contributed by atoms with Gasteiger partial charge in [0, 0.05) is 19.7 Å². The summed E-state index contributed by atoms with van der Waals surface area (Å²) >= 11 is 0. The fourth-order valence-electron chi connectivity index (χ4n) is 3.28. The Bertz CT molecular complexity index is 735. The van der Waals surface area contributed by atoms with Crippen molar-refractivity contribution in [2.45, 2.75) is 19.0 Å². The van der Waals surface area contributed by atoms with E-state index < -0.39 is 0 Å². The van der Waals surface area contributed by atoms with Crippen molar-refractivity contribution in [3.63, 3.8) is 0 Å². The maximum Gasteiger partial charge on any atom is 0.123 e. The molecule has 0 bridgehead atoms. The van der Waals surface area contributed by atoms with Crippen LogP contribution in [0.1, 0.15) is 29.2 Å². The van der Waals surface area contributed by atoms with E-state index in [-0.39, 0.29) is 18.5 Å². The van der Waals surface area contributed by atoms with Gasteiger partial charge in [-0.05, 0) is 35.2 Å². The average molecular weight is 349 g/mol. The molecule has 26 heavy (non-hydrogen) atoms. The van der Waals surface area contributed by atoms with E-state index in [1.165, 1.54) is 23.3 Å². The van der Waals surface area contributed by atoms with Crippen molar-refractivity contribution < 1.29 is 9.50 Å². The van der Waals surface area contributed by atoms with Crippen LogP contribution in [0.25, 0.3) is 0 Å². The number of hydrogen-bond acceptors (Lipinski definition) is 2. The smallest absolute Gasteiger partial charge is 0.123 e. The summed E-state index contributed by atoms with van der Waals surface area (Å²) in [6.07, 6.45) is 0.692. The van der Waals surface area contributed by atoms with Crippen LogP contribution in [0.4, 0.5) is 4.39 Å². The molecule has 1 N–H and O–H groups in total. The molecule has 0 atom stereocenters. The molecule has 0 unspecified atom stereocenters. The number of aliphatic hydroxyl groups is 1. The topological polar surface area (TPSA) is 23.5 Å². The average Bonchev–Trinajstić information content (AvgIpc) is 2.69. The van der Waals surface area contributed by atoms with Gasteiger partial charge in [0.1, 0.15) is 5.82 Å². The SMILES string of the molecule is OCCCN(Cc1ccc(F)cc1)C(c1ccccc1)c1ccccc1. The molecule has 3 heteroatoms. The van der Waals surface area contributed by atoms with Crippen molar-refractivity contribution >= 4 is 0 Å². The second-order valence-corrected chi connectivity index (χ2v) is 6.40. The van der Waals surface area contributed by atoms with Gasteiger partial charge in [-0.25, -0.2) is 4.39 Å². The summed E-state index contributed by atoms with van der Waals surface area (Å²) in [5.74, 6) is -0.224. The molecule has 134 valence electrons. The van der Waals surface area contributed by atoms with Crippen LogP contribution < -0.4 is 0 Å². The maximum atomic E-state index is 13.3. The standard InChI is InChI=1S/C23H24FNO/c24-22-14-12-19(13-15-22)18-25(16-7-17-26)23(20-8-3-1-4-9-20)21-10-5-2-6-11-21/h1-6,8-15,23,26H,7,16-18H2. The highest BCUT2D eigenvalue weighted by atomic mass is 19.1. The molecule has 0 aliphatic heterocycles. The van der Waals surface area contributed by atoms with Crippen molar-refractivity contribution in [2.75, 3.05) is 13.2 Å². The van der Waals surface area contributed by atoms with Crippen LogP contribution in [0.2, 0.25) is 0 Å². The zero-order valence-electron chi connectivity index (χ0n) is 14.8. The zero-order valence-corrected chi connectivity index (χ0v) is 14.8. The van der Waals surface area contributed by atoms with Crippen LogP contribution in [0, 0.1) is 5.82 Å². The Balaban J connectivity index is 1.96. The number of aliphatic hydroxyl groups excluding tert-OH is 1. The number of benzene rings is 3. The first kappa shape index (κ1) is 18.3. The van der Waals surface area contributed by atoms with Crippen molar-refractivity contribution in [1.29, 1.82) is 0 Å². The molecule has 3 rings (SSSR count). The summed E-state index contributed by atoms with van der Waals surface area (Å²) in [6, 6.07) is 27.5. The fourth-order valence-corrected chi connectivity index (χ4v) is 3.28. The first-order valence-corrected chi connectivity index (χ1v) is 8.97. The maximum absolute atomic E-state index is 13.3. The molecule has 0 heterocycles. The lowest BCUT2D eigenvalue weighted by molar-refractivity contribution is 0.187. The van der Waals surface area contributed by atoms with E-state index in [1.807, 2.05) is 48.5 Å². The van der Waals surface area contributed by atoms with Crippen LogP contribution in [0.5, 0.6) is 0 Å². The molecule has 0 spiro atoms. The number of rotatable bonds is 8. The molecule has 0 amide bonds.